The number of anilines is 1. The Hall–Kier alpha value is -3.45. The highest BCUT2D eigenvalue weighted by molar-refractivity contribution is 6.32. The lowest BCUT2D eigenvalue weighted by Gasteiger charge is -2.26. The van der Waals surface area contributed by atoms with Gasteiger partial charge in [-0.3, -0.25) is 4.79 Å². The summed E-state index contributed by atoms with van der Waals surface area (Å²) >= 11 is 6.37. The molecular formula is C21H17ClN2O5. The van der Waals surface area contributed by atoms with Gasteiger partial charge in [0.2, 0.25) is 5.91 Å². The van der Waals surface area contributed by atoms with Crippen LogP contribution in [0.25, 0.3) is 5.69 Å². The SMILES string of the molecule is COc1cc([C@H]2CC(=O)Nc3c(C(=O)O)cn(-c4ccccc4Cl)c32)ccc1O. The molecule has 0 fully saturated rings. The Bertz CT molecular complexity index is 1140. The summed E-state index contributed by atoms with van der Waals surface area (Å²) in [5.41, 5.74) is 2.13. The Balaban J connectivity index is 1.99. The lowest BCUT2D eigenvalue weighted by atomic mass is 9.88. The van der Waals surface area contributed by atoms with Gasteiger partial charge in [0.05, 0.1) is 29.2 Å². The number of halogens is 1. The van der Waals surface area contributed by atoms with Gasteiger partial charge in [0.15, 0.2) is 11.5 Å². The highest BCUT2D eigenvalue weighted by Gasteiger charge is 2.35. The molecule has 0 saturated carbocycles. The molecular weight excluding hydrogens is 396 g/mol. The third-order valence-electron chi connectivity index (χ3n) is 4.98. The highest BCUT2D eigenvalue weighted by Crippen LogP contribution is 2.44. The van der Waals surface area contributed by atoms with Gasteiger partial charge in [-0.15, -0.1) is 0 Å². The molecule has 0 radical (unpaired) electrons. The average Bonchev–Trinajstić information content (AvgIpc) is 3.07. The highest BCUT2D eigenvalue weighted by atomic mass is 35.5. The number of nitrogens with one attached hydrogen (secondary N) is 1. The number of rotatable bonds is 4. The third kappa shape index (κ3) is 3.19. The molecule has 7 nitrogen and oxygen atoms in total. The number of methoxy groups -OCH3 is 1. The zero-order chi connectivity index (χ0) is 20.7. The second-order valence-corrected chi connectivity index (χ2v) is 7.07. The van der Waals surface area contributed by atoms with Gasteiger partial charge in [0, 0.05) is 18.5 Å². The molecule has 0 spiro atoms. The van der Waals surface area contributed by atoms with Crippen LogP contribution in [-0.2, 0) is 4.79 Å². The first-order valence-electron chi connectivity index (χ1n) is 8.81. The molecule has 2 aromatic carbocycles. The molecule has 1 atom stereocenters. The molecule has 148 valence electrons. The number of aromatic carboxylic acids is 1. The van der Waals surface area contributed by atoms with Crippen molar-refractivity contribution in [3.8, 4) is 17.2 Å². The summed E-state index contributed by atoms with van der Waals surface area (Å²) in [6.45, 7) is 0. The van der Waals surface area contributed by atoms with Gasteiger partial charge in [-0.2, -0.15) is 0 Å². The Kier molecular flexibility index (Phi) is 4.68. The van der Waals surface area contributed by atoms with E-state index in [0.29, 0.717) is 22.0 Å². The number of carbonyl (C=O) groups excluding carboxylic acids is 1. The van der Waals surface area contributed by atoms with Gasteiger partial charge in [0.25, 0.3) is 0 Å². The van der Waals surface area contributed by atoms with Crippen LogP contribution in [0.1, 0.15) is 34.0 Å². The van der Waals surface area contributed by atoms with Crippen LogP contribution in [-0.4, -0.2) is 33.8 Å². The van der Waals surface area contributed by atoms with Crippen LogP contribution in [0, 0.1) is 0 Å². The van der Waals surface area contributed by atoms with Crippen LogP contribution in [0.5, 0.6) is 11.5 Å². The normalized spacial score (nSPS) is 15.5. The molecule has 1 aromatic heterocycles. The van der Waals surface area contributed by atoms with E-state index in [1.54, 1.807) is 41.0 Å². The third-order valence-corrected chi connectivity index (χ3v) is 5.30. The molecule has 1 amide bonds. The molecule has 1 aliphatic rings. The molecule has 29 heavy (non-hydrogen) atoms. The number of carboxylic acid groups (broad SMARTS) is 1. The summed E-state index contributed by atoms with van der Waals surface area (Å²) in [6, 6.07) is 11.9. The second kappa shape index (κ2) is 7.18. The van der Waals surface area contributed by atoms with E-state index >= 15 is 0 Å². The lowest BCUT2D eigenvalue weighted by molar-refractivity contribution is -0.116. The van der Waals surface area contributed by atoms with Crippen LogP contribution in [0.4, 0.5) is 5.69 Å². The quantitative estimate of drug-likeness (QED) is 0.601. The first-order chi connectivity index (χ1) is 13.9. The van der Waals surface area contributed by atoms with Crippen LogP contribution in [0.3, 0.4) is 0 Å². The topological polar surface area (TPSA) is 101 Å². The van der Waals surface area contributed by atoms with Crippen LogP contribution in [0.15, 0.2) is 48.7 Å². The summed E-state index contributed by atoms with van der Waals surface area (Å²) in [5.74, 6) is -1.67. The molecule has 3 aromatic rings. The minimum Gasteiger partial charge on any atom is -0.504 e. The number of hydrogen-bond acceptors (Lipinski definition) is 4. The van der Waals surface area contributed by atoms with Crippen LogP contribution >= 0.6 is 11.6 Å². The number of amides is 1. The summed E-state index contributed by atoms with van der Waals surface area (Å²) in [6.07, 6.45) is 1.57. The Morgan fingerprint density at radius 1 is 1.28 bits per heavy atom. The smallest absolute Gasteiger partial charge is 0.339 e. The molecule has 8 heteroatoms. The van der Waals surface area contributed by atoms with Crippen molar-refractivity contribution in [2.24, 2.45) is 0 Å². The van der Waals surface area contributed by atoms with Gasteiger partial charge >= 0.3 is 5.97 Å². The van der Waals surface area contributed by atoms with Gasteiger partial charge in [-0.05, 0) is 29.8 Å². The predicted octanol–water partition coefficient (Wildman–Crippen LogP) is 4.02. The number of fused-ring (bicyclic) bond motifs is 1. The number of hydrogen-bond donors (Lipinski definition) is 3. The Labute approximate surface area is 171 Å². The number of para-hydroxylation sites is 1. The van der Waals surface area contributed by atoms with E-state index in [0.717, 1.165) is 0 Å². The zero-order valence-corrected chi connectivity index (χ0v) is 16.1. The van der Waals surface area contributed by atoms with Gasteiger partial charge < -0.3 is 24.8 Å². The molecule has 4 rings (SSSR count). The number of nitrogens with zero attached hydrogens (tertiary/aromatic N) is 1. The molecule has 0 bridgehead atoms. The first-order valence-corrected chi connectivity index (χ1v) is 9.18. The molecule has 0 saturated heterocycles. The monoisotopic (exact) mass is 412 g/mol. The maximum absolute atomic E-state index is 12.4. The molecule has 1 aliphatic heterocycles. The van der Waals surface area contributed by atoms with E-state index in [1.807, 2.05) is 0 Å². The van der Waals surface area contributed by atoms with E-state index in [9.17, 15) is 19.8 Å². The molecule has 0 unspecified atom stereocenters. The molecule has 0 aliphatic carbocycles. The van der Waals surface area contributed by atoms with Crippen molar-refractivity contribution < 1.29 is 24.5 Å². The minimum atomic E-state index is -1.16. The van der Waals surface area contributed by atoms with E-state index in [-0.39, 0.29) is 35.1 Å². The van der Waals surface area contributed by atoms with E-state index in [1.165, 1.54) is 19.4 Å². The van der Waals surface area contributed by atoms with Crippen molar-refractivity contribution in [3.05, 3.63) is 70.5 Å². The number of aromatic nitrogens is 1. The number of benzene rings is 2. The Morgan fingerprint density at radius 2 is 2.03 bits per heavy atom. The van der Waals surface area contributed by atoms with Crippen molar-refractivity contribution in [3.63, 3.8) is 0 Å². The maximum Gasteiger partial charge on any atom is 0.339 e. The second-order valence-electron chi connectivity index (χ2n) is 6.67. The fourth-order valence-corrected chi connectivity index (χ4v) is 3.89. The van der Waals surface area contributed by atoms with Crippen molar-refractivity contribution >= 4 is 29.2 Å². The van der Waals surface area contributed by atoms with Gasteiger partial charge in [0.1, 0.15) is 5.56 Å². The van der Waals surface area contributed by atoms with Crippen molar-refractivity contribution in [1.82, 2.24) is 4.57 Å². The van der Waals surface area contributed by atoms with E-state index < -0.39 is 11.9 Å². The number of phenols is 1. The summed E-state index contributed by atoms with van der Waals surface area (Å²) in [4.78, 5) is 24.2. The predicted molar refractivity (Wildman–Crippen MR) is 107 cm³/mol. The van der Waals surface area contributed by atoms with E-state index in [2.05, 4.69) is 5.32 Å². The Morgan fingerprint density at radius 3 is 2.72 bits per heavy atom. The van der Waals surface area contributed by atoms with Gasteiger partial charge in [-0.1, -0.05) is 29.8 Å². The van der Waals surface area contributed by atoms with Gasteiger partial charge in [-0.25, -0.2) is 4.79 Å². The average molecular weight is 413 g/mol. The molecule has 2 heterocycles. The van der Waals surface area contributed by atoms with Crippen molar-refractivity contribution in [1.29, 1.82) is 0 Å². The first kappa shape index (κ1) is 18.9. The van der Waals surface area contributed by atoms with Crippen LogP contribution < -0.4 is 10.1 Å². The number of phenolic OH excluding ortho intramolecular Hbond substituents is 1. The van der Waals surface area contributed by atoms with Crippen molar-refractivity contribution in [2.45, 2.75) is 12.3 Å². The summed E-state index contributed by atoms with van der Waals surface area (Å²) in [7, 11) is 1.44. The minimum absolute atomic E-state index is 0.0237. The number of aromatic hydroxyl groups is 1. The lowest BCUT2D eigenvalue weighted by Crippen LogP contribution is -2.25. The number of carboxylic acids is 1. The van der Waals surface area contributed by atoms with Crippen LogP contribution in [0.2, 0.25) is 5.02 Å². The summed E-state index contributed by atoms with van der Waals surface area (Å²) < 4.78 is 6.90. The zero-order valence-electron chi connectivity index (χ0n) is 15.3. The number of carbonyl (C=O) groups is 2. The molecule has 3 N–H and O–H groups in total. The van der Waals surface area contributed by atoms with E-state index in [4.69, 9.17) is 16.3 Å². The fraction of sp³-hybridized carbons (Fsp3) is 0.143. The summed E-state index contributed by atoms with van der Waals surface area (Å²) in [5, 5.41) is 22.7. The maximum atomic E-state index is 12.4. The van der Waals surface area contributed by atoms with Crippen molar-refractivity contribution in [2.75, 3.05) is 12.4 Å². The number of ether oxygens (including phenoxy) is 1. The fourth-order valence-electron chi connectivity index (χ4n) is 3.66. The standard InChI is InChI=1S/C21H17ClN2O5/c1-29-17-8-11(6-7-16(17)25)12-9-18(26)23-19-13(21(27)28)10-24(20(12)19)15-5-3-2-4-14(15)22/h2-8,10,12,25H,9H2,1H3,(H,23,26)(H,27,28)/t12-/m1/s1. The largest absolute Gasteiger partial charge is 0.504 e.